The Morgan fingerprint density at radius 1 is 1.50 bits per heavy atom. The summed E-state index contributed by atoms with van der Waals surface area (Å²) >= 11 is 0. The molecule has 0 saturated heterocycles. The standard InChI is InChI=1S/C10H13FN2O3/c1-10(5-14,6-15)13-9(16)7-3-2-4-8(11)12-7/h2-4,14-15H,5-6H2,1H3,(H,13,16). The third kappa shape index (κ3) is 2.98. The van der Waals surface area contributed by atoms with Crippen molar-refractivity contribution >= 4 is 5.91 Å². The molecule has 0 aliphatic carbocycles. The Kier molecular flexibility index (Phi) is 3.92. The maximum Gasteiger partial charge on any atom is 0.270 e. The molecule has 0 aromatic carbocycles. The first-order valence-corrected chi connectivity index (χ1v) is 4.67. The second kappa shape index (κ2) is 5.00. The highest BCUT2D eigenvalue weighted by Gasteiger charge is 2.25. The van der Waals surface area contributed by atoms with E-state index < -0.39 is 30.6 Å². The van der Waals surface area contributed by atoms with Gasteiger partial charge in [0, 0.05) is 0 Å². The van der Waals surface area contributed by atoms with Crippen molar-refractivity contribution in [2.45, 2.75) is 12.5 Å². The van der Waals surface area contributed by atoms with Crippen LogP contribution in [0.25, 0.3) is 0 Å². The number of aliphatic hydroxyl groups excluding tert-OH is 2. The SMILES string of the molecule is CC(CO)(CO)NC(=O)c1cccc(F)n1. The minimum Gasteiger partial charge on any atom is -0.394 e. The fourth-order valence-electron chi connectivity index (χ4n) is 1.00. The summed E-state index contributed by atoms with van der Waals surface area (Å²) in [4.78, 5) is 15.0. The Morgan fingerprint density at radius 2 is 2.12 bits per heavy atom. The number of nitrogens with one attached hydrogen (secondary N) is 1. The van der Waals surface area contributed by atoms with Gasteiger partial charge in [-0.05, 0) is 19.1 Å². The van der Waals surface area contributed by atoms with Gasteiger partial charge in [-0.15, -0.1) is 0 Å². The minimum absolute atomic E-state index is 0.104. The minimum atomic E-state index is -1.15. The molecule has 0 aliphatic heterocycles. The van der Waals surface area contributed by atoms with E-state index in [9.17, 15) is 9.18 Å². The van der Waals surface area contributed by atoms with E-state index in [2.05, 4.69) is 10.3 Å². The molecular formula is C10H13FN2O3. The van der Waals surface area contributed by atoms with Crippen molar-refractivity contribution in [1.29, 1.82) is 0 Å². The lowest BCUT2D eigenvalue weighted by atomic mass is 10.1. The first kappa shape index (κ1) is 12.5. The molecular weight excluding hydrogens is 215 g/mol. The number of pyridine rings is 1. The van der Waals surface area contributed by atoms with Crippen molar-refractivity contribution in [2.24, 2.45) is 0 Å². The maximum absolute atomic E-state index is 12.7. The van der Waals surface area contributed by atoms with Crippen molar-refractivity contribution in [2.75, 3.05) is 13.2 Å². The van der Waals surface area contributed by atoms with Crippen molar-refractivity contribution in [3.05, 3.63) is 29.8 Å². The van der Waals surface area contributed by atoms with E-state index in [1.54, 1.807) is 0 Å². The zero-order chi connectivity index (χ0) is 12.2. The Hall–Kier alpha value is -1.53. The number of aromatic nitrogens is 1. The molecule has 0 radical (unpaired) electrons. The first-order valence-electron chi connectivity index (χ1n) is 4.67. The fourth-order valence-corrected chi connectivity index (χ4v) is 1.00. The number of carbonyl (C=O) groups excluding carboxylic acids is 1. The van der Waals surface area contributed by atoms with Gasteiger partial charge in [0.15, 0.2) is 0 Å². The number of rotatable bonds is 4. The van der Waals surface area contributed by atoms with Gasteiger partial charge in [-0.3, -0.25) is 4.79 Å². The third-order valence-corrected chi connectivity index (χ3v) is 2.06. The summed E-state index contributed by atoms with van der Waals surface area (Å²) in [5, 5.41) is 20.3. The molecule has 1 aromatic rings. The number of hydrogen-bond acceptors (Lipinski definition) is 4. The van der Waals surface area contributed by atoms with Gasteiger partial charge in [0.2, 0.25) is 5.95 Å². The molecule has 1 aromatic heterocycles. The van der Waals surface area contributed by atoms with E-state index in [4.69, 9.17) is 10.2 Å². The molecule has 6 heteroatoms. The largest absolute Gasteiger partial charge is 0.394 e. The summed E-state index contributed by atoms with van der Waals surface area (Å²) in [6.45, 7) is 0.610. The average Bonchev–Trinajstić information content (AvgIpc) is 2.29. The lowest BCUT2D eigenvalue weighted by Gasteiger charge is -2.25. The molecule has 0 fully saturated rings. The van der Waals surface area contributed by atoms with Crippen LogP contribution >= 0.6 is 0 Å². The average molecular weight is 228 g/mol. The van der Waals surface area contributed by atoms with Crippen molar-refractivity contribution in [1.82, 2.24) is 10.3 Å². The second-order valence-electron chi connectivity index (χ2n) is 3.68. The molecule has 0 atom stereocenters. The van der Waals surface area contributed by atoms with Crippen LogP contribution in [0.5, 0.6) is 0 Å². The molecule has 1 heterocycles. The molecule has 3 N–H and O–H groups in total. The predicted molar refractivity (Wildman–Crippen MR) is 54.2 cm³/mol. The van der Waals surface area contributed by atoms with E-state index in [0.29, 0.717) is 0 Å². The third-order valence-electron chi connectivity index (χ3n) is 2.06. The van der Waals surface area contributed by atoms with Crippen molar-refractivity contribution in [3.63, 3.8) is 0 Å². The molecule has 0 aliphatic rings. The topological polar surface area (TPSA) is 82.5 Å². The zero-order valence-corrected chi connectivity index (χ0v) is 8.77. The fraction of sp³-hybridized carbons (Fsp3) is 0.400. The number of hydrogen-bond donors (Lipinski definition) is 3. The Bertz CT molecular complexity index is 380. The van der Waals surface area contributed by atoms with Gasteiger partial charge >= 0.3 is 0 Å². The summed E-state index contributed by atoms with van der Waals surface area (Å²) in [6.07, 6.45) is 0. The van der Waals surface area contributed by atoms with Crippen LogP contribution < -0.4 is 5.32 Å². The van der Waals surface area contributed by atoms with E-state index >= 15 is 0 Å². The zero-order valence-electron chi connectivity index (χ0n) is 8.77. The van der Waals surface area contributed by atoms with Gasteiger partial charge in [-0.1, -0.05) is 6.07 Å². The Balaban J connectivity index is 2.80. The highest BCUT2D eigenvalue weighted by atomic mass is 19.1. The Labute approximate surface area is 91.9 Å². The van der Waals surface area contributed by atoms with Crippen LogP contribution in [0.3, 0.4) is 0 Å². The van der Waals surface area contributed by atoms with Crippen molar-refractivity contribution in [3.8, 4) is 0 Å². The van der Waals surface area contributed by atoms with Gasteiger partial charge in [0.1, 0.15) is 5.69 Å². The molecule has 1 amide bonds. The van der Waals surface area contributed by atoms with Crippen LogP contribution in [-0.4, -0.2) is 39.9 Å². The summed E-state index contributed by atoms with van der Waals surface area (Å²) in [5.74, 6) is -1.41. The Morgan fingerprint density at radius 3 is 2.62 bits per heavy atom. The first-order chi connectivity index (χ1) is 7.50. The predicted octanol–water partition coefficient (Wildman–Crippen LogP) is -0.306. The maximum atomic E-state index is 12.7. The van der Waals surface area contributed by atoms with Gasteiger partial charge < -0.3 is 15.5 Å². The van der Waals surface area contributed by atoms with E-state index in [0.717, 1.165) is 6.07 Å². The number of carbonyl (C=O) groups is 1. The molecule has 0 bridgehead atoms. The molecule has 16 heavy (non-hydrogen) atoms. The monoisotopic (exact) mass is 228 g/mol. The van der Waals surface area contributed by atoms with Crippen LogP contribution in [0.4, 0.5) is 4.39 Å². The number of nitrogens with zero attached hydrogens (tertiary/aromatic N) is 1. The van der Waals surface area contributed by atoms with Crippen LogP contribution in [0.15, 0.2) is 18.2 Å². The number of aliphatic hydroxyl groups is 2. The van der Waals surface area contributed by atoms with Crippen LogP contribution in [-0.2, 0) is 0 Å². The summed E-state index contributed by atoms with van der Waals surface area (Å²) in [7, 11) is 0. The lowest BCUT2D eigenvalue weighted by Crippen LogP contribution is -2.51. The summed E-state index contributed by atoms with van der Waals surface area (Å²) < 4.78 is 12.7. The molecule has 0 saturated carbocycles. The van der Waals surface area contributed by atoms with Crippen LogP contribution in [0.2, 0.25) is 0 Å². The van der Waals surface area contributed by atoms with Crippen LogP contribution in [0.1, 0.15) is 17.4 Å². The highest BCUT2D eigenvalue weighted by Crippen LogP contribution is 2.04. The quantitative estimate of drug-likeness (QED) is 0.617. The highest BCUT2D eigenvalue weighted by molar-refractivity contribution is 5.92. The normalized spacial score (nSPS) is 11.2. The van der Waals surface area contributed by atoms with Gasteiger partial charge in [0.05, 0.1) is 18.8 Å². The van der Waals surface area contributed by atoms with E-state index in [1.807, 2.05) is 0 Å². The summed E-state index contributed by atoms with van der Waals surface area (Å²) in [6, 6.07) is 3.81. The lowest BCUT2D eigenvalue weighted by molar-refractivity contribution is 0.0718. The molecule has 0 spiro atoms. The van der Waals surface area contributed by atoms with E-state index in [1.165, 1.54) is 19.1 Å². The smallest absolute Gasteiger partial charge is 0.270 e. The van der Waals surface area contributed by atoms with Gasteiger partial charge in [-0.2, -0.15) is 4.39 Å². The molecule has 88 valence electrons. The second-order valence-corrected chi connectivity index (χ2v) is 3.68. The molecule has 5 nitrogen and oxygen atoms in total. The van der Waals surface area contributed by atoms with Crippen LogP contribution in [0, 0.1) is 5.95 Å². The van der Waals surface area contributed by atoms with Crippen molar-refractivity contribution < 1.29 is 19.4 Å². The molecule has 1 rings (SSSR count). The van der Waals surface area contributed by atoms with Gasteiger partial charge in [0.25, 0.3) is 5.91 Å². The summed E-state index contributed by atoms with van der Waals surface area (Å²) in [5.41, 5.74) is -1.25. The van der Waals surface area contributed by atoms with E-state index in [-0.39, 0.29) is 5.69 Å². The number of amides is 1. The molecule has 0 unspecified atom stereocenters. The van der Waals surface area contributed by atoms with Gasteiger partial charge in [-0.25, -0.2) is 4.98 Å². The number of halogens is 1.